The van der Waals surface area contributed by atoms with Crippen molar-refractivity contribution in [3.8, 4) is 0 Å². The third-order valence-electron chi connectivity index (χ3n) is 4.13. The standard InChI is InChI=1S/C16H21FN4OS.BrH/c17-5-6-20-7-9-21(10-8-20)16(22)12(18)11-15-19-13-3-1-2-4-14(13)23-15;/h1-4,12H,5-11,18H2;1H. The van der Waals surface area contributed by atoms with E-state index in [0.717, 1.165) is 15.2 Å². The zero-order chi connectivity index (χ0) is 16.2. The first-order valence-corrected chi connectivity index (χ1v) is 8.66. The zero-order valence-corrected chi connectivity index (χ0v) is 15.9. The Kier molecular flexibility index (Phi) is 7.09. The van der Waals surface area contributed by atoms with E-state index in [1.807, 2.05) is 29.2 Å². The Bertz CT molecular complexity index is 642. The van der Waals surface area contributed by atoms with Gasteiger partial charge in [-0.2, -0.15) is 0 Å². The highest BCUT2D eigenvalue weighted by Crippen LogP contribution is 2.22. The lowest BCUT2D eigenvalue weighted by molar-refractivity contribution is -0.134. The van der Waals surface area contributed by atoms with Crippen LogP contribution in [0.3, 0.4) is 0 Å². The number of hydrogen-bond donors (Lipinski definition) is 1. The summed E-state index contributed by atoms with van der Waals surface area (Å²) in [6.07, 6.45) is 0.461. The molecule has 1 saturated heterocycles. The topological polar surface area (TPSA) is 62.5 Å². The molecule has 1 amide bonds. The van der Waals surface area contributed by atoms with Crippen LogP contribution in [0.15, 0.2) is 24.3 Å². The molecule has 0 aliphatic carbocycles. The molecule has 1 aliphatic heterocycles. The van der Waals surface area contributed by atoms with Gasteiger partial charge < -0.3 is 10.6 Å². The SMILES string of the molecule is Br.NC(Cc1nc2ccccc2s1)C(=O)N1CCN(CCF)CC1. The van der Waals surface area contributed by atoms with Gasteiger partial charge in [-0.1, -0.05) is 12.1 Å². The van der Waals surface area contributed by atoms with Crippen LogP contribution in [0.4, 0.5) is 4.39 Å². The maximum absolute atomic E-state index is 12.5. The molecule has 1 fully saturated rings. The van der Waals surface area contributed by atoms with Gasteiger partial charge in [-0.05, 0) is 12.1 Å². The molecule has 1 unspecified atom stereocenters. The van der Waals surface area contributed by atoms with E-state index in [0.29, 0.717) is 39.1 Å². The number of carbonyl (C=O) groups excluding carboxylic acids is 1. The first kappa shape index (κ1) is 19.2. The Morgan fingerprint density at radius 2 is 2.00 bits per heavy atom. The number of halogens is 2. The summed E-state index contributed by atoms with van der Waals surface area (Å²) >= 11 is 1.58. The average Bonchev–Trinajstić information content (AvgIpc) is 2.97. The molecule has 132 valence electrons. The van der Waals surface area contributed by atoms with Crippen LogP contribution in [0.25, 0.3) is 10.2 Å². The second-order valence-electron chi connectivity index (χ2n) is 5.74. The summed E-state index contributed by atoms with van der Waals surface area (Å²) in [5, 5.41) is 0.892. The van der Waals surface area contributed by atoms with Crippen LogP contribution < -0.4 is 5.73 Å². The number of piperazine rings is 1. The predicted octanol–water partition coefficient (Wildman–Crippen LogP) is 1.86. The van der Waals surface area contributed by atoms with Crippen molar-refractivity contribution in [1.29, 1.82) is 0 Å². The van der Waals surface area contributed by atoms with Gasteiger partial charge in [0.15, 0.2) is 0 Å². The first-order valence-electron chi connectivity index (χ1n) is 7.84. The molecular formula is C16H22BrFN4OS. The Balaban J connectivity index is 0.00000208. The van der Waals surface area contributed by atoms with E-state index < -0.39 is 6.04 Å². The number of fused-ring (bicyclic) bond motifs is 1. The summed E-state index contributed by atoms with van der Waals surface area (Å²) < 4.78 is 13.5. The van der Waals surface area contributed by atoms with Crippen LogP contribution in [0.5, 0.6) is 0 Å². The van der Waals surface area contributed by atoms with Gasteiger partial charge in [0.1, 0.15) is 6.67 Å². The molecule has 2 aromatic rings. The summed E-state index contributed by atoms with van der Waals surface area (Å²) in [6, 6.07) is 7.35. The number of rotatable bonds is 5. The van der Waals surface area contributed by atoms with Crippen molar-refractivity contribution in [2.24, 2.45) is 5.73 Å². The number of carbonyl (C=O) groups is 1. The number of hydrogen-bond acceptors (Lipinski definition) is 5. The molecule has 8 heteroatoms. The number of alkyl halides is 1. The highest BCUT2D eigenvalue weighted by atomic mass is 79.9. The van der Waals surface area contributed by atoms with Crippen LogP contribution in [0, 0.1) is 0 Å². The number of nitrogens with zero attached hydrogens (tertiary/aromatic N) is 3. The Morgan fingerprint density at radius 3 is 2.67 bits per heavy atom. The lowest BCUT2D eigenvalue weighted by atomic mass is 10.2. The summed E-state index contributed by atoms with van der Waals surface area (Å²) in [5.41, 5.74) is 7.05. The van der Waals surface area contributed by atoms with Crippen LogP contribution in [-0.4, -0.2) is 66.1 Å². The summed E-state index contributed by atoms with van der Waals surface area (Å²) in [5.74, 6) is -0.0378. The maximum atomic E-state index is 12.5. The van der Waals surface area contributed by atoms with E-state index in [2.05, 4.69) is 4.98 Å². The van der Waals surface area contributed by atoms with E-state index >= 15 is 0 Å². The number of para-hydroxylation sites is 1. The smallest absolute Gasteiger partial charge is 0.240 e. The first-order chi connectivity index (χ1) is 11.2. The normalized spacial score (nSPS) is 16.8. The van der Waals surface area contributed by atoms with Crippen LogP contribution in [0.1, 0.15) is 5.01 Å². The van der Waals surface area contributed by atoms with Crippen molar-refractivity contribution >= 4 is 44.4 Å². The molecule has 1 aliphatic rings. The van der Waals surface area contributed by atoms with Crippen LogP contribution in [-0.2, 0) is 11.2 Å². The Labute approximate surface area is 155 Å². The van der Waals surface area contributed by atoms with Gasteiger partial charge in [-0.3, -0.25) is 9.69 Å². The van der Waals surface area contributed by atoms with E-state index in [1.54, 1.807) is 16.2 Å². The fourth-order valence-corrected chi connectivity index (χ4v) is 3.85. The highest BCUT2D eigenvalue weighted by molar-refractivity contribution is 8.93. The maximum Gasteiger partial charge on any atom is 0.240 e. The van der Waals surface area contributed by atoms with Crippen molar-refractivity contribution in [3.05, 3.63) is 29.3 Å². The molecule has 2 heterocycles. The molecule has 2 N–H and O–H groups in total. The molecule has 5 nitrogen and oxygen atoms in total. The highest BCUT2D eigenvalue weighted by Gasteiger charge is 2.25. The molecule has 1 aromatic carbocycles. The monoisotopic (exact) mass is 416 g/mol. The van der Waals surface area contributed by atoms with E-state index in [4.69, 9.17) is 5.73 Å². The van der Waals surface area contributed by atoms with Crippen molar-refractivity contribution < 1.29 is 9.18 Å². The van der Waals surface area contributed by atoms with Crippen LogP contribution >= 0.6 is 28.3 Å². The minimum absolute atomic E-state index is 0. The van der Waals surface area contributed by atoms with E-state index in [9.17, 15) is 9.18 Å². The molecule has 0 spiro atoms. The van der Waals surface area contributed by atoms with Crippen molar-refractivity contribution in [1.82, 2.24) is 14.8 Å². The fraction of sp³-hybridized carbons (Fsp3) is 0.500. The Hall–Kier alpha value is -1.09. The largest absolute Gasteiger partial charge is 0.339 e. The molecule has 0 bridgehead atoms. The number of benzene rings is 1. The quantitative estimate of drug-likeness (QED) is 0.807. The van der Waals surface area contributed by atoms with Crippen LogP contribution in [0.2, 0.25) is 0 Å². The minimum atomic E-state index is -0.566. The number of nitrogens with two attached hydrogens (primary N) is 1. The van der Waals surface area contributed by atoms with E-state index in [1.165, 1.54) is 0 Å². The lowest BCUT2D eigenvalue weighted by Crippen LogP contribution is -2.53. The van der Waals surface area contributed by atoms with Gasteiger partial charge in [-0.25, -0.2) is 9.37 Å². The van der Waals surface area contributed by atoms with E-state index in [-0.39, 0.29) is 29.6 Å². The van der Waals surface area contributed by atoms with Crippen molar-refractivity contribution in [3.63, 3.8) is 0 Å². The average molecular weight is 417 g/mol. The van der Waals surface area contributed by atoms with Gasteiger partial charge in [0.05, 0.1) is 21.3 Å². The van der Waals surface area contributed by atoms with Gasteiger partial charge >= 0.3 is 0 Å². The van der Waals surface area contributed by atoms with Gasteiger partial charge in [-0.15, -0.1) is 28.3 Å². The zero-order valence-electron chi connectivity index (χ0n) is 13.4. The predicted molar refractivity (Wildman–Crippen MR) is 101 cm³/mol. The number of thiazole rings is 1. The molecular weight excluding hydrogens is 395 g/mol. The third kappa shape index (κ3) is 4.50. The molecule has 24 heavy (non-hydrogen) atoms. The lowest BCUT2D eigenvalue weighted by Gasteiger charge is -2.35. The molecule has 3 rings (SSSR count). The fourth-order valence-electron chi connectivity index (χ4n) is 2.83. The molecule has 1 aromatic heterocycles. The summed E-state index contributed by atoms with van der Waals surface area (Å²) in [7, 11) is 0. The molecule has 0 radical (unpaired) electrons. The number of aromatic nitrogens is 1. The number of amides is 1. The minimum Gasteiger partial charge on any atom is -0.339 e. The van der Waals surface area contributed by atoms with Gasteiger partial charge in [0, 0.05) is 39.1 Å². The van der Waals surface area contributed by atoms with Crippen molar-refractivity contribution in [2.75, 3.05) is 39.4 Å². The van der Waals surface area contributed by atoms with Gasteiger partial charge in [0.25, 0.3) is 0 Å². The summed E-state index contributed by atoms with van der Waals surface area (Å²) in [6.45, 7) is 2.76. The third-order valence-corrected chi connectivity index (χ3v) is 5.19. The summed E-state index contributed by atoms with van der Waals surface area (Å²) in [4.78, 5) is 20.8. The van der Waals surface area contributed by atoms with Crippen molar-refractivity contribution in [2.45, 2.75) is 12.5 Å². The second kappa shape index (κ2) is 8.84. The van der Waals surface area contributed by atoms with Gasteiger partial charge in [0.2, 0.25) is 5.91 Å². The Morgan fingerprint density at radius 1 is 1.29 bits per heavy atom. The second-order valence-corrected chi connectivity index (χ2v) is 6.86. The molecule has 1 atom stereocenters. The molecule has 0 saturated carbocycles.